The number of hydrogen-bond donors (Lipinski definition) is 4. The molecule has 1 rings (SSSR count). The van der Waals surface area contributed by atoms with E-state index >= 15 is 0 Å². The largest absolute Gasteiger partial charge is 0.323 e. The maximum absolute atomic E-state index is 11.9. The van der Waals surface area contributed by atoms with Crippen LogP contribution in [0.25, 0.3) is 0 Å². The van der Waals surface area contributed by atoms with E-state index in [-0.39, 0.29) is 17.1 Å². The van der Waals surface area contributed by atoms with E-state index in [0.29, 0.717) is 0 Å². The number of hydrazine groups is 1. The molecule has 1 aromatic carbocycles. The van der Waals surface area contributed by atoms with E-state index in [4.69, 9.17) is 11.0 Å². The van der Waals surface area contributed by atoms with Crippen molar-refractivity contribution < 1.29 is 16.8 Å². The molecule has 0 aliphatic rings. The van der Waals surface area contributed by atoms with E-state index in [1.54, 1.807) is 6.07 Å². The Hall–Kier alpha value is -1.20. The third-order valence-corrected chi connectivity index (χ3v) is 4.30. The van der Waals surface area contributed by atoms with Gasteiger partial charge in [-0.1, -0.05) is 12.1 Å². The topological polar surface area (TPSA) is 144 Å². The molecule has 0 aliphatic heterocycles. The van der Waals surface area contributed by atoms with Crippen LogP contribution in [0.4, 0.5) is 5.69 Å². The van der Waals surface area contributed by atoms with Crippen LogP contribution in [0.2, 0.25) is 0 Å². The summed E-state index contributed by atoms with van der Waals surface area (Å²) in [4.78, 5) is -0.0677. The van der Waals surface area contributed by atoms with Crippen molar-refractivity contribution in [3.05, 3.63) is 24.3 Å². The first-order valence-electron chi connectivity index (χ1n) is 4.82. The molecule has 0 spiro atoms. The lowest BCUT2D eigenvalue weighted by molar-refractivity contribution is 0.581. The van der Waals surface area contributed by atoms with Crippen LogP contribution in [-0.4, -0.2) is 29.1 Å². The van der Waals surface area contributed by atoms with Gasteiger partial charge in [-0.3, -0.25) is 5.84 Å². The molecular weight excluding hydrogens is 280 g/mol. The van der Waals surface area contributed by atoms with Crippen LogP contribution in [0.5, 0.6) is 0 Å². The Morgan fingerprint density at radius 1 is 1.11 bits per heavy atom. The molecule has 0 aliphatic carbocycles. The molecule has 0 heterocycles. The molecule has 0 bridgehead atoms. The van der Waals surface area contributed by atoms with Gasteiger partial charge < -0.3 is 5.43 Å². The fraction of sp³-hybridized carbons (Fsp3) is 0.250. The summed E-state index contributed by atoms with van der Waals surface area (Å²) in [5.41, 5.74) is 2.46. The highest BCUT2D eigenvalue weighted by Crippen LogP contribution is 2.18. The third-order valence-electron chi connectivity index (χ3n) is 2.01. The molecule has 0 saturated heterocycles. The Bertz CT molecular complexity index is 612. The van der Waals surface area contributed by atoms with Crippen LogP contribution in [0.1, 0.15) is 0 Å². The number of rotatable bonds is 6. The number of nitrogen functional groups attached to an aromatic ring is 1. The van der Waals surface area contributed by atoms with Gasteiger partial charge >= 0.3 is 0 Å². The van der Waals surface area contributed by atoms with Crippen molar-refractivity contribution in [3.63, 3.8) is 0 Å². The first-order chi connectivity index (χ1) is 8.26. The normalized spacial score (nSPS) is 12.3. The standard InChI is InChI=1S/C8H14N4O4S2/c9-12-7-3-1-2-4-8(7)18(15,16)11-5-6-17(10,13)14/h1-4,11-12H,5-6,9H2,(H2,10,13,14). The average Bonchev–Trinajstić information content (AvgIpc) is 2.27. The zero-order valence-corrected chi connectivity index (χ0v) is 11.0. The van der Waals surface area contributed by atoms with Gasteiger partial charge in [0.2, 0.25) is 20.0 Å². The van der Waals surface area contributed by atoms with Gasteiger partial charge in [-0.05, 0) is 12.1 Å². The number of nitrogens with two attached hydrogens (primary N) is 2. The quantitative estimate of drug-likeness (QED) is 0.373. The Labute approximate surface area is 105 Å². The van der Waals surface area contributed by atoms with Crippen LogP contribution in [0, 0.1) is 0 Å². The fourth-order valence-corrected chi connectivity index (χ4v) is 2.93. The van der Waals surface area contributed by atoms with E-state index in [0.717, 1.165) is 0 Å². The lowest BCUT2D eigenvalue weighted by Gasteiger charge is -2.10. The summed E-state index contributed by atoms with van der Waals surface area (Å²) < 4.78 is 47.2. The van der Waals surface area contributed by atoms with Gasteiger partial charge in [0, 0.05) is 6.54 Å². The molecule has 0 atom stereocenters. The Morgan fingerprint density at radius 3 is 2.28 bits per heavy atom. The first kappa shape index (κ1) is 14.9. The number of anilines is 1. The van der Waals surface area contributed by atoms with Gasteiger partial charge in [0.1, 0.15) is 4.90 Å². The van der Waals surface area contributed by atoms with Crippen molar-refractivity contribution in [2.75, 3.05) is 17.7 Å². The zero-order chi connectivity index (χ0) is 13.8. The van der Waals surface area contributed by atoms with Crippen molar-refractivity contribution in [3.8, 4) is 0 Å². The van der Waals surface area contributed by atoms with Crippen molar-refractivity contribution in [1.29, 1.82) is 0 Å². The summed E-state index contributed by atoms with van der Waals surface area (Å²) in [6.07, 6.45) is 0. The second-order valence-corrected chi connectivity index (χ2v) is 6.87. The molecule has 0 radical (unpaired) electrons. The Morgan fingerprint density at radius 2 is 1.72 bits per heavy atom. The van der Waals surface area contributed by atoms with E-state index in [9.17, 15) is 16.8 Å². The smallest absolute Gasteiger partial charge is 0.242 e. The minimum atomic E-state index is -3.84. The summed E-state index contributed by atoms with van der Waals surface area (Å²) >= 11 is 0. The second kappa shape index (κ2) is 5.63. The van der Waals surface area contributed by atoms with Crippen molar-refractivity contribution in [2.24, 2.45) is 11.0 Å². The lowest BCUT2D eigenvalue weighted by atomic mass is 10.3. The van der Waals surface area contributed by atoms with E-state index in [1.807, 2.05) is 0 Å². The second-order valence-electron chi connectivity index (χ2n) is 3.41. The van der Waals surface area contributed by atoms with Crippen LogP contribution in [0.15, 0.2) is 29.2 Å². The van der Waals surface area contributed by atoms with Gasteiger partial charge in [-0.25, -0.2) is 26.7 Å². The summed E-state index contributed by atoms with van der Waals surface area (Å²) in [7, 11) is -7.55. The van der Waals surface area contributed by atoms with Crippen molar-refractivity contribution in [1.82, 2.24) is 4.72 Å². The molecule has 0 amide bonds. The molecule has 18 heavy (non-hydrogen) atoms. The first-order valence-corrected chi connectivity index (χ1v) is 8.02. The predicted molar refractivity (Wildman–Crippen MR) is 67.4 cm³/mol. The third kappa shape index (κ3) is 4.23. The average molecular weight is 294 g/mol. The molecule has 0 aromatic heterocycles. The van der Waals surface area contributed by atoms with Gasteiger partial charge in [-0.15, -0.1) is 0 Å². The van der Waals surface area contributed by atoms with E-state index < -0.39 is 25.8 Å². The van der Waals surface area contributed by atoms with E-state index in [2.05, 4.69) is 10.1 Å². The molecule has 0 unspecified atom stereocenters. The summed E-state index contributed by atoms with van der Waals surface area (Å²) in [5.74, 6) is 4.71. The van der Waals surface area contributed by atoms with Gasteiger partial charge in [0.15, 0.2) is 0 Å². The van der Waals surface area contributed by atoms with Crippen LogP contribution in [0.3, 0.4) is 0 Å². The number of primary sulfonamides is 1. The highest BCUT2D eigenvalue weighted by atomic mass is 32.2. The number of para-hydroxylation sites is 1. The summed E-state index contributed by atoms with van der Waals surface area (Å²) in [6.45, 7) is -0.305. The SMILES string of the molecule is NNc1ccccc1S(=O)(=O)NCCS(N)(=O)=O. The monoisotopic (exact) mass is 294 g/mol. The van der Waals surface area contributed by atoms with Gasteiger partial charge in [0.25, 0.3) is 0 Å². The van der Waals surface area contributed by atoms with Crippen LogP contribution in [-0.2, 0) is 20.0 Å². The lowest BCUT2D eigenvalue weighted by Crippen LogP contribution is -2.32. The summed E-state index contributed by atoms with van der Waals surface area (Å²) in [5, 5.41) is 4.76. The minimum Gasteiger partial charge on any atom is -0.323 e. The number of hydrogen-bond acceptors (Lipinski definition) is 6. The van der Waals surface area contributed by atoms with Crippen LogP contribution < -0.4 is 21.1 Å². The molecule has 0 saturated carbocycles. The number of sulfonamides is 2. The van der Waals surface area contributed by atoms with Gasteiger partial charge in [-0.2, -0.15) is 0 Å². The molecule has 8 nitrogen and oxygen atoms in total. The van der Waals surface area contributed by atoms with Crippen LogP contribution >= 0.6 is 0 Å². The Kier molecular flexibility index (Phi) is 4.65. The fourth-order valence-electron chi connectivity index (χ4n) is 1.22. The van der Waals surface area contributed by atoms with Crippen molar-refractivity contribution in [2.45, 2.75) is 4.90 Å². The highest BCUT2D eigenvalue weighted by molar-refractivity contribution is 7.90. The zero-order valence-electron chi connectivity index (χ0n) is 9.33. The molecular formula is C8H14N4O4S2. The molecule has 6 N–H and O–H groups in total. The molecule has 1 aromatic rings. The highest BCUT2D eigenvalue weighted by Gasteiger charge is 2.18. The minimum absolute atomic E-state index is 0.0677. The summed E-state index contributed by atoms with van der Waals surface area (Å²) in [6, 6.07) is 5.95. The Balaban J connectivity index is 2.87. The molecule has 10 heteroatoms. The van der Waals surface area contributed by atoms with E-state index in [1.165, 1.54) is 18.2 Å². The van der Waals surface area contributed by atoms with Crippen molar-refractivity contribution >= 4 is 25.7 Å². The number of nitrogens with one attached hydrogen (secondary N) is 2. The maximum atomic E-state index is 11.9. The molecule has 102 valence electrons. The maximum Gasteiger partial charge on any atom is 0.242 e. The van der Waals surface area contributed by atoms with Gasteiger partial charge in [0.05, 0.1) is 11.4 Å². The number of benzene rings is 1. The molecule has 0 fully saturated rings. The predicted octanol–water partition coefficient (Wildman–Crippen LogP) is -1.46.